The van der Waals surface area contributed by atoms with E-state index in [1.807, 2.05) is 45.8 Å². The zero-order chi connectivity index (χ0) is 27.9. The van der Waals surface area contributed by atoms with Gasteiger partial charge in [-0.15, -0.1) is 0 Å². The average molecular weight is 543 g/mol. The van der Waals surface area contributed by atoms with E-state index < -0.39 is 32.9 Å². The lowest BCUT2D eigenvalue weighted by molar-refractivity contribution is -0.123. The topological polar surface area (TPSA) is 131 Å². The van der Waals surface area contributed by atoms with Gasteiger partial charge in [-0.1, -0.05) is 27.7 Å². The standard InChI is InChI=1S/C25H42N4O5S2/c1-11-12-29-20-17(13-25(29,14-35-10)28-36(26,32)33)15(2)18(21(30)34-24(7,8)9)16(3)19(20)27-22(31)23(4,5)6/h28H,11-14H2,1-10H3,(H,27,31)(H2,26,32,33). The number of amides is 1. The van der Waals surface area contributed by atoms with Gasteiger partial charge in [-0.2, -0.15) is 24.9 Å². The molecular weight excluding hydrogens is 500 g/mol. The Bertz CT molecular complexity index is 1140. The average Bonchev–Trinajstić information content (AvgIpc) is 2.96. The van der Waals surface area contributed by atoms with Crippen molar-refractivity contribution in [1.29, 1.82) is 0 Å². The number of hydrogen-bond donors (Lipinski definition) is 3. The molecule has 0 bridgehead atoms. The zero-order valence-electron chi connectivity index (χ0n) is 23.2. The molecule has 0 saturated carbocycles. The van der Waals surface area contributed by atoms with Crippen molar-refractivity contribution in [2.24, 2.45) is 10.6 Å². The van der Waals surface area contributed by atoms with Crippen LogP contribution in [0, 0.1) is 19.3 Å². The molecule has 0 saturated heterocycles. The van der Waals surface area contributed by atoms with Gasteiger partial charge in [0, 0.05) is 24.1 Å². The largest absolute Gasteiger partial charge is 0.456 e. The van der Waals surface area contributed by atoms with Crippen molar-refractivity contribution < 1.29 is 22.7 Å². The fourth-order valence-electron chi connectivity index (χ4n) is 4.57. The molecule has 36 heavy (non-hydrogen) atoms. The van der Waals surface area contributed by atoms with E-state index >= 15 is 0 Å². The number of benzene rings is 1. The van der Waals surface area contributed by atoms with Gasteiger partial charge >= 0.3 is 5.97 Å². The number of anilines is 2. The Morgan fingerprint density at radius 1 is 1.14 bits per heavy atom. The lowest BCUT2D eigenvalue weighted by Crippen LogP contribution is -2.63. The van der Waals surface area contributed by atoms with E-state index in [1.54, 1.807) is 27.7 Å². The molecule has 1 heterocycles. The van der Waals surface area contributed by atoms with Gasteiger partial charge in [-0.3, -0.25) is 4.79 Å². The zero-order valence-corrected chi connectivity index (χ0v) is 24.8. The Morgan fingerprint density at radius 3 is 2.17 bits per heavy atom. The predicted molar refractivity (Wildman–Crippen MR) is 148 cm³/mol. The second-order valence-electron chi connectivity index (χ2n) is 11.5. The molecule has 1 aromatic rings. The van der Waals surface area contributed by atoms with E-state index in [4.69, 9.17) is 9.88 Å². The number of ether oxygens (including phenoxy) is 1. The Kier molecular flexibility index (Phi) is 8.88. The van der Waals surface area contributed by atoms with Crippen molar-refractivity contribution in [3.05, 3.63) is 22.3 Å². The molecule has 11 heteroatoms. The summed E-state index contributed by atoms with van der Waals surface area (Å²) in [5.41, 5.74) is 1.17. The summed E-state index contributed by atoms with van der Waals surface area (Å²) in [5.74, 6) is -0.300. The van der Waals surface area contributed by atoms with Crippen LogP contribution in [-0.4, -0.2) is 50.1 Å². The Balaban J connectivity index is 2.93. The highest BCUT2D eigenvalue weighted by Crippen LogP contribution is 2.49. The number of nitrogens with one attached hydrogen (secondary N) is 2. The normalized spacial score (nSPS) is 18.2. The van der Waals surface area contributed by atoms with Crippen LogP contribution in [0.3, 0.4) is 0 Å². The minimum atomic E-state index is -4.07. The number of carbonyl (C=O) groups excluding carboxylic acids is 2. The lowest BCUT2D eigenvalue weighted by atomic mass is 9.91. The minimum absolute atomic E-state index is 0.218. The van der Waals surface area contributed by atoms with Crippen LogP contribution < -0.4 is 20.1 Å². The highest BCUT2D eigenvalue weighted by Gasteiger charge is 2.48. The summed E-state index contributed by atoms with van der Waals surface area (Å²) in [6.45, 7) is 17.0. The smallest absolute Gasteiger partial charge is 0.339 e. The van der Waals surface area contributed by atoms with Crippen molar-refractivity contribution in [1.82, 2.24) is 4.72 Å². The SMILES string of the molecule is CCCN1c2c(c(C)c(C(=O)OC(C)(C)C)c(C)c2NC(=O)C(C)(C)C)CC1(CSC)NS(N)(=O)=O. The predicted octanol–water partition coefficient (Wildman–Crippen LogP) is 3.87. The molecule has 1 amide bonds. The van der Waals surface area contributed by atoms with E-state index in [9.17, 15) is 18.0 Å². The van der Waals surface area contributed by atoms with Crippen molar-refractivity contribution in [3.8, 4) is 0 Å². The van der Waals surface area contributed by atoms with E-state index in [2.05, 4.69) is 10.0 Å². The molecule has 9 nitrogen and oxygen atoms in total. The first-order valence-electron chi connectivity index (χ1n) is 12.1. The Morgan fingerprint density at radius 2 is 1.72 bits per heavy atom. The number of fused-ring (bicyclic) bond motifs is 1. The van der Waals surface area contributed by atoms with Crippen molar-refractivity contribution in [2.45, 2.75) is 86.4 Å². The summed E-state index contributed by atoms with van der Waals surface area (Å²) in [7, 11) is -4.07. The van der Waals surface area contributed by atoms with Crippen LogP contribution in [0.1, 0.15) is 81.9 Å². The number of esters is 1. The monoisotopic (exact) mass is 542 g/mol. The molecule has 0 aliphatic carbocycles. The first-order chi connectivity index (χ1) is 16.3. The van der Waals surface area contributed by atoms with Crippen molar-refractivity contribution in [3.63, 3.8) is 0 Å². The van der Waals surface area contributed by atoms with Gasteiger partial charge in [0.25, 0.3) is 10.2 Å². The van der Waals surface area contributed by atoms with Crippen molar-refractivity contribution in [2.75, 3.05) is 28.8 Å². The summed E-state index contributed by atoms with van der Waals surface area (Å²) in [6, 6.07) is 0. The molecule has 1 atom stereocenters. The molecule has 1 aliphatic rings. The van der Waals surface area contributed by atoms with E-state index in [0.29, 0.717) is 40.4 Å². The summed E-state index contributed by atoms with van der Waals surface area (Å²) < 4.78 is 33.1. The number of rotatable bonds is 8. The summed E-state index contributed by atoms with van der Waals surface area (Å²) in [4.78, 5) is 28.5. The van der Waals surface area contributed by atoms with Gasteiger partial charge in [0.15, 0.2) is 0 Å². The van der Waals surface area contributed by atoms with E-state index in [0.717, 1.165) is 12.0 Å². The first kappa shape index (κ1) is 30.4. The van der Waals surface area contributed by atoms with Crippen LogP contribution in [0.2, 0.25) is 0 Å². The fraction of sp³-hybridized carbons (Fsp3) is 0.680. The van der Waals surface area contributed by atoms with Crippen molar-refractivity contribution >= 4 is 45.2 Å². The third-order valence-corrected chi connectivity index (χ3v) is 7.47. The summed E-state index contributed by atoms with van der Waals surface area (Å²) in [6.07, 6.45) is 2.90. The number of hydrogen-bond acceptors (Lipinski definition) is 7. The second-order valence-corrected chi connectivity index (χ2v) is 13.6. The van der Waals surface area contributed by atoms with Crippen LogP contribution in [0.4, 0.5) is 11.4 Å². The van der Waals surface area contributed by atoms with Crippen LogP contribution in [-0.2, 0) is 26.2 Å². The third-order valence-electron chi connectivity index (χ3n) is 6.04. The molecule has 2 rings (SSSR count). The molecule has 204 valence electrons. The maximum absolute atomic E-state index is 13.4. The third kappa shape index (κ3) is 6.54. The highest BCUT2D eigenvalue weighted by molar-refractivity contribution is 7.98. The number of thioether (sulfide) groups is 1. The molecule has 0 aromatic heterocycles. The number of nitrogens with two attached hydrogens (primary N) is 1. The molecule has 1 unspecified atom stereocenters. The van der Waals surface area contributed by atoms with Gasteiger partial charge in [-0.25, -0.2) is 9.93 Å². The van der Waals surface area contributed by atoms with Gasteiger partial charge in [0.1, 0.15) is 11.3 Å². The quantitative estimate of drug-likeness (QED) is 0.425. The van der Waals surface area contributed by atoms with Crippen LogP contribution in [0.15, 0.2) is 0 Å². The molecule has 1 aliphatic heterocycles. The Labute approximate surface area is 220 Å². The van der Waals surface area contributed by atoms with Gasteiger partial charge < -0.3 is 15.0 Å². The minimum Gasteiger partial charge on any atom is -0.456 e. The first-order valence-corrected chi connectivity index (χ1v) is 15.0. The molecular formula is C25H42N4O5S2. The lowest BCUT2D eigenvalue weighted by Gasteiger charge is -2.40. The molecule has 0 spiro atoms. The van der Waals surface area contributed by atoms with Gasteiger partial charge in [-0.05, 0) is 64.0 Å². The maximum Gasteiger partial charge on any atom is 0.339 e. The summed E-state index contributed by atoms with van der Waals surface area (Å²) in [5, 5.41) is 8.56. The molecule has 4 N–H and O–H groups in total. The van der Waals surface area contributed by atoms with Crippen LogP contribution in [0.25, 0.3) is 0 Å². The fourth-order valence-corrected chi connectivity index (χ4v) is 6.25. The molecule has 0 fully saturated rings. The number of nitrogens with zero attached hydrogens (tertiary/aromatic N) is 1. The molecule has 0 radical (unpaired) electrons. The van der Waals surface area contributed by atoms with Gasteiger partial charge in [0.2, 0.25) is 5.91 Å². The highest BCUT2D eigenvalue weighted by atomic mass is 32.2. The maximum atomic E-state index is 13.4. The number of carbonyl (C=O) groups is 2. The van der Waals surface area contributed by atoms with E-state index in [1.165, 1.54) is 11.8 Å². The second kappa shape index (κ2) is 10.5. The summed E-state index contributed by atoms with van der Waals surface area (Å²) >= 11 is 1.49. The van der Waals surface area contributed by atoms with Gasteiger partial charge in [0.05, 0.1) is 16.9 Å². The van der Waals surface area contributed by atoms with Crippen LogP contribution in [0.5, 0.6) is 0 Å². The molecule has 1 aromatic carbocycles. The van der Waals surface area contributed by atoms with Crippen LogP contribution >= 0.6 is 11.8 Å². The Hall–Kier alpha value is -1.82. The van der Waals surface area contributed by atoms with E-state index in [-0.39, 0.29) is 12.3 Å².